The SMILES string of the molecule is CC(C)(Nc1cc(Cl)nc2ncnn12)C1CC1. The van der Waals surface area contributed by atoms with E-state index in [0.717, 1.165) is 5.82 Å². The number of fused-ring (bicyclic) bond motifs is 1. The van der Waals surface area contributed by atoms with Gasteiger partial charge in [0.2, 0.25) is 0 Å². The molecule has 1 N–H and O–H groups in total. The first-order chi connectivity index (χ1) is 8.06. The minimum Gasteiger partial charge on any atom is -0.365 e. The van der Waals surface area contributed by atoms with Crippen LogP contribution in [0.5, 0.6) is 0 Å². The molecule has 0 spiro atoms. The van der Waals surface area contributed by atoms with Crippen LogP contribution in [-0.4, -0.2) is 25.1 Å². The van der Waals surface area contributed by atoms with Crippen LogP contribution >= 0.6 is 11.6 Å². The van der Waals surface area contributed by atoms with Gasteiger partial charge in [0.05, 0.1) is 0 Å². The summed E-state index contributed by atoms with van der Waals surface area (Å²) >= 11 is 5.97. The van der Waals surface area contributed by atoms with Gasteiger partial charge in [0, 0.05) is 11.6 Å². The Morgan fingerprint density at radius 2 is 2.24 bits per heavy atom. The van der Waals surface area contributed by atoms with Crippen molar-refractivity contribution in [2.24, 2.45) is 5.92 Å². The fourth-order valence-electron chi connectivity index (χ4n) is 2.11. The van der Waals surface area contributed by atoms with Gasteiger partial charge in [0.15, 0.2) is 0 Å². The molecule has 0 amide bonds. The monoisotopic (exact) mass is 251 g/mol. The second-order valence-corrected chi connectivity index (χ2v) is 5.44. The zero-order valence-electron chi connectivity index (χ0n) is 9.81. The van der Waals surface area contributed by atoms with E-state index < -0.39 is 0 Å². The molecule has 0 aromatic carbocycles. The molecule has 0 aliphatic heterocycles. The summed E-state index contributed by atoms with van der Waals surface area (Å²) in [6.45, 7) is 4.39. The topological polar surface area (TPSA) is 55.1 Å². The van der Waals surface area contributed by atoms with E-state index in [2.05, 4.69) is 34.2 Å². The minimum atomic E-state index is 0.0452. The molecule has 0 atom stereocenters. The van der Waals surface area contributed by atoms with Crippen molar-refractivity contribution in [3.8, 4) is 0 Å². The molecule has 5 nitrogen and oxygen atoms in total. The Morgan fingerprint density at radius 3 is 2.94 bits per heavy atom. The van der Waals surface area contributed by atoms with Crippen LogP contribution in [0.1, 0.15) is 26.7 Å². The Balaban J connectivity index is 2.01. The van der Waals surface area contributed by atoms with Crippen LogP contribution in [0.15, 0.2) is 12.4 Å². The molecular weight excluding hydrogens is 238 g/mol. The molecule has 6 heteroatoms. The predicted octanol–water partition coefficient (Wildman–Crippen LogP) is 2.38. The summed E-state index contributed by atoms with van der Waals surface area (Å²) in [6.07, 6.45) is 4.03. The third-order valence-electron chi connectivity index (χ3n) is 3.27. The van der Waals surface area contributed by atoms with E-state index in [1.807, 2.05) is 0 Å². The number of halogens is 1. The van der Waals surface area contributed by atoms with E-state index in [4.69, 9.17) is 11.6 Å². The van der Waals surface area contributed by atoms with E-state index in [0.29, 0.717) is 16.8 Å². The highest BCUT2D eigenvalue weighted by Gasteiger charge is 2.38. The molecule has 0 radical (unpaired) electrons. The first-order valence-corrected chi connectivity index (χ1v) is 6.08. The summed E-state index contributed by atoms with van der Waals surface area (Å²) in [5.41, 5.74) is 0.0452. The average Bonchev–Trinajstić information content (AvgIpc) is 2.99. The zero-order valence-corrected chi connectivity index (χ0v) is 10.6. The van der Waals surface area contributed by atoms with Crippen molar-refractivity contribution >= 4 is 23.2 Å². The molecular formula is C11H14ClN5. The minimum absolute atomic E-state index is 0.0452. The third-order valence-corrected chi connectivity index (χ3v) is 3.46. The Bertz CT molecular complexity index is 558. The van der Waals surface area contributed by atoms with E-state index >= 15 is 0 Å². The van der Waals surface area contributed by atoms with Crippen LogP contribution in [0.25, 0.3) is 5.78 Å². The zero-order chi connectivity index (χ0) is 12.0. The number of rotatable bonds is 3. The molecule has 2 aromatic rings. The second kappa shape index (κ2) is 3.57. The molecule has 0 saturated heterocycles. The smallest absolute Gasteiger partial charge is 0.255 e. The summed E-state index contributed by atoms with van der Waals surface area (Å²) in [5, 5.41) is 8.06. The van der Waals surface area contributed by atoms with Gasteiger partial charge in [-0.15, -0.1) is 0 Å². The van der Waals surface area contributed by atoms with E-state index in [1.54, 1.807) is 10.6 Å². The molecule has 1 fully saturated rings. The van der Waals surface area contributed by atoms with Gasteiger partial charge in [-0.2, -0.15) is 19.6 Å². The maximum absolute atomic E-state index is 5.97. The summed E-state index contributed by atoms with van der Waals surface area (Å²) in [7, 11) is 0. The lowest BCUT2D eigenvalue weighted by Crippen LogP contribution is -2.34. The molecule has 0 bridgehead atoms. The van der Waals surface area contributed by atoms with Crippen molar-refractivity contribution in [2.75, 3.05) is 5.32 Å². The number of nitrogens with one attached hydrogen (secondary N) is 1. The van der Waals surface area contributed by atoms with Gasteiger partial charge in [0.25, 0.3) is 5.78 Å². The van der Waals surface area contributed by atoms with E-state index in [1.165, 1.54) is 19.2 Å². The second-order valence-electron chi connectivity index (χ2n) is 5.06. The highest BCUT2D eigenvalue weighted by Crippen LogP contribution is 2.41. The maximum Gasteiger partial charge on any atom is 0.255 e. The quantitative estimate of drug-likeness (QED) is 0.851. The molecule has 0 unspecified atom stereocenters. The van der Waals surface area contributed by atoms with Gasteiger partial charge in [-0.1, -0.05) is 11.6 Å². The van der Waals surface area contributed by atoms with Gasteiger partial charge < -0.3 is 5.32 Å². The molecule has 90 valence electrons. The molecule has 3 rings (SSSR count). The summed E-state index contributed by atoms with van der Waals surface area (Å²) in [4.78, 5) is 8.15. The predicted molar refractivity (Wildman–Crippen MR) is 66.2 cm³/mol. The third kappa shape index (κ3) is 1.95. The first kappa shape index (κ1) is 10.8. The van der Waals surface area contributed by atoms with E-state index in [9.17, 15) is 0 Å². The van der Waals surface area contributed by atoms with Gasteiger partial charge >= 0.3 is 0 Å². The largest absolute Gasteiger partial charge is 0.365 e. The lowest BCUT2D eigenvalue weighted by molar-refractivity contribution is 0.490. The van der Waals surface area contributed by atoms with Crippen molar-refractivity contribution in [3.63, 3.8) is 0 Å². The van der Waals surface area contributed by atoms with Crippen molar-refractivity contribution in [2.45, 2.75) is 32.2 Å². The number of anilines is 1. The van der Waals surface area contributed by atoms with Crippen LogP contribution in [0, 0.1) is 5.92 Å². The number of nitrogens with zero attached hydrogens (tertiary/aromatic N) is 4. The number of hydrogen-bond acceptors (Lipinski definition) is 4. The van der Waals surface area contributed by atoms with Crippen molar-refractivity contribution < 1.29 is 0 Å². The molecule has 1 aliphatic rings. The lowest BCUT2D eigenvalue weighted by Gasteiger charge is -2.27. The molecule has 2 aromatic heterocycles. The van der Waals surface area contributed by atoms with Crippen LogP contribution in [0.3, 0.4) is 0 Å². The molecule has 2 heterocycles. The summed E-state index contributed by atoms with van der Waals surface area (Å²) < 4.78 is 1.68. The Kier molecular flexibility index (Phi) is 2.26. The number of hydrogen-bond donors (Lipinski definition) is 1. The fraction of sp³-hybridized carbons (Fsp3) is 0.545. The number of aromatic nitrogens is 4. The van der Waals surface area contributed by atoms with Crippen LogP contribution in [0.4, 0.5) is 5.82 Å². The van der Waals surface area contributed by atoms with Crippen molar-refractivity contribution in [3.05, 3.63) is 17.5 Å². The highest BCUT2D eigenvalue weighted by atomic mass is 35.5. The van der Waals surface area contributed by atoms with Gasteiger partial charge in [-0.05, 0) is 32.6 Å². The summed E-state index contributed by atoms with van der Waals surface area (Å²) in [5.74, 6) is 2.08. The standard InChI is InChI=1S/C11H14ClN5/c1-11(2,7-3-4-7)16-9-5-8(12)15-10-13-6-14-17(9)10/h5-7,16H,3-4H2,1-2H3. The first-order valence-electron chi connectivity index (χ1n) is 5.71. The van der Waals surface area contributed by atoms with Crippen LogP contribution < -0.4 is 5.32 Å². The fourth-order valence-corrected chi connectivity index (χ4v) is 2.29. The maximum atomic E-state index is 5.97. The van der Waals surface area contributed by atoms with Gasteiger partial charge in [-0.3, -0.25) is 0 Å². The van der Waals surface area contributed by atoms with Gasteiger partial charge in [-0.25, -0.2) is 0 Å². The molecule has 1 saturated carbocycles. The highest BCUT2D eigenvalue weighted by molar-refractivity contribution is 6.29. The molecule has 17 heavy (non-hydrogen) atoms. The van der Waals surface area contributed by atoms with Gasteiger partial charge in [0.1, 0.15) is 17.3 Å². The lowest BCUT2D eigenvalue weighted by atomic mass is 9.99. The van der Waals surface area contributed by atoms with Crippen molar-refractivity contribution in [1.82, 2.24) is 19.6 Å². The molecule has 1 aliphatic carbocycles. The van der Waals surface area contributed by atoms with Crippen LogP contribution in [0.2, 0.25) is 5.15 Å². The van der Waals surface area contributed by atoms with Crippen LogP contribution in [-0.2, 0) is 0 Å². The Hall–Kier alpha value is -1.36. The van der Waals surface area contributed by atoms with Crippen molar-refractivity contribution in [1.29, 1.82) is 0 Å². The Labute approximate surface area is 104 Å². The average molecular weight is 252 g/mol. The normalized spacial score (nSPS) is 16.4. The Morgan fingerprint density at radius 1 is 1.47 bits per heavy atom. The summed E-state index contributed by atoms with van der Waals surface area (Å²) in [6, 6.07) is 1.79. The van der Waals surface area contributed by atoms with E-state index in [-0.39, 0.29) is 5.54 Å².